The van der Waals surface area contributed by atoms with Crippen LogP contribution >= 0.6 is 11.3 Å². The minimum atomic E-state index is -0.253. The van der Waals surface area contributed by atoms with Crippen molar-refractivity contribution in [1.29, 1.82) is 0 Å². The Balaban J connectivity index is 1.72. The van der Waals surface area contributed by atoms with E-state index >= 15 is 0 Å². The van der Waals surface area contributed by atoms with Gasteiger partial charge in [-0.3, -0.25) is 4.79 Å². The van der Waals surface area contributed by atoms with E-state index in [4.69, 9.17) is 5.73 Å². The van der Waals surface area contributed by atoms with Gasteiger partial charge in [0.05, 0.1) is 10.4 Å². The maximum absolute atomic E-state index is 12.6. The van der Waals surface area contributed by atoms with Crippen LogP contribution in [-0.4, -0.2) is 20.9 Å². The van der Waals surface area contributed by atoms with Gasteiger partial charge in [-0.05, 0) is 35.7 Å². The molecule has 0 aliphatic carbocycles. The lowest BCUT2D eigenvalue weighted by Crippen LogP contribution is -2.12. The number of imidazole rings is 1. The molecule has 0 radical (unpaired) electrons. The highest BCUT2D eigenvalue weighted by Gasteiger charge is 2.16. The van der Waals surface area contributed by atoms with Crippen LogP contribution in [-0.2, 0) is 0 Å². The molecule has 4 rings (SSSR count). The summed E-state index contributed by atoms with van der Waals surface area (Å²) >= 11 is 1.57. The third kappa shape index (κ3) is 2.61. The summed E-state index contributed by atoms with van der Waals surface area (Å²) in [6.07, 6.45) is 1.59. The molecule has 0 atom stereocenters. The molecule has 3 aromatic heterocycles. The maximum Gasteiger partial charge on any atom is 0.258 e. The average molecular weight is 335 g/mol. The Kier molecular flexibility index (Phi) is 3.47. The zero-order valence-corrected chi connectivity index (χ0v) is 13.3. The summed E-state index contributed by atoms with van der Waals surface area (Å²) in [4.78, 5) is 25.6. The van der Waals surface area contributed by atoms with E-state index in [9.17, 15) is 4.79 Å². The van der Waals surface area contributed by atoms with Crippen molar-refractivity contribution < 1.29 is 4.79 Å². The van der Waals surface area contributed by atoms with E-state index in [2.05, 4.69) is 20.3 Å². The molecule has 4 N–H and O–H groups in total. The van der Waals surface area contributed by atoms with E-state index in [1.165, 1.54) is 0 Å². The number of thiophene rings is 1. The molecule has 0 unspecified atom stereocenters. The lowest BCUT2D eigenvalue weighted by atomic mass is 10.2. The first-order valence-corrected chi connectivity index (χ1v) is 8.14. The first kappa shape index (κ1) is 14.4. The van der Waals surface area contributed by atoms with Crippen molar-refractivity contribution >= 4 is 39.8 Å². The van der Waals surface area contributed by atoms with E-state index in [1.54, 1.807) is 47.9 Å². The highest BCUT2D eigenvalue weighted by Crippen LogP contribution is 2.25. The first-order chi connectivity index (χ1) is 11.7. The Bertz CT molecular complexity index is 1020. The number of nitrogens with two attached hydrogens (primary N) is 1. The number of aromatic nitrogens is 3. The number of pyridine rings is 1. The molecule has 0 saturated heterocycles. The van der Waals surface area contributed by atoms with E-state index in [1.807, 2.05) is 17.5 Å². The summed E-state index contributed by atoms with van der Waals surface area (Å²) in [6, 6.07) is 12.6. The number of carbonyl (C=O) groups excluding carboxylic acids is 1. The second-order valence-electron chi connectivity index (χ2n) is 5.20. The third-order valence-electron chi connectivity index (χ3n) is 3.53. The molecule has 118 valence electrons. The van der Waals surface area contributed by atoms with Crippen molar-refractivity contribution in [3.63, 3.8) is 0 Å². The van der Waals surface area contributed by atoms with Gasteiger partial charge in [0.15, 0.2) is 5.65 Å². The zero-order valence-electron chi connectivity index (χ0n) is 12.5. The fraction of sp³-hybridized carbons (Fsp3) is 0. The van der Waals surface area contributed by atoms with Crippen molar-refractivity contribution in [1.82, 2.24) is 15.0 Å². The van der Waals surface area contributed by atoms with Crippen LogP contribution in [0.2, 0.25) is 0 Å². The van der Waals surface area contributed by atoms with Gasteiger partial charge in [0.1, 0.15) is 11.3 Å². The summed E-state index contributed by atoms with van der Waals surface area (Å²) < 4.78 is 0. The number of nitrogens with one attached hydrogen (secondary N) is 2. The van der Waals surface area contributed by atoms with E-state index < -0.39 is 0 Å². The zero-order chi connectivity index (χ0) is 16.5. The Morgan fingerprint density at radius 3 is 2.92 bits per heavy atom. The first-order valence-electron chi connectivity index (χ1n) is 7.26. The van der Waals surface area contributed by atoms with Crippen LogP contribution in [0.25, 0.3) is 21.9 Å². The second-order valence-corrected chi connectivity index (χ2v) is 6.15. The fourth-order valence-electron chi connectivity index (χ4n) is 2.44. The lowest BCUT2D eigenvalue weighted by Gasteiger charge is -2.06. The summed E-state index contributed by atoms with van der Waals surface area (Å²) in [5.41, 5.74) is 8.56. The molecular weight excluding hydrogens is 322 g/mol. The van der Waals surface area contributed by atoms with E-state index in [0.717, 1.165) is 4.88 Å². The van der Waals surface area contributed by atoms with Crippen molar-refractivity contribution in [3.8, 4) is 10.7 Å². The van der Waals surface area contributed by atoms with Crippen molar-refractivity contribution in [2.75, 3.05) is 11.1 Å². The highest BCUT2D eigenvalue weighted by molar-refractivity contribution is 7.13. The normalized spacial score (nSPS) is 10.8. The summed E-state index contributed by atoms with van der Waals surface area (Å²) in [6.45, 7) is 0. The number of H-pyrrole nitrogens is 1. The van der Waals surface area contributed by atoms with Gasteiger partial charge in [0.25, 0.3) is 5.91 Å². The molecule has 0 fully saturated rings. The summed E-state index contributed by atoms with van der Waals surface area (Å²) in [5.74, 6) is 0.453. The van der Waals surface area contributed by atoms with Gasteiger partial charge in [-0.2, -0.15) is 0 Å². The second kappa shape index (κ2) is 5.78. The van der Waals surface area contributed by atoms with Gasteiger partial charge in [-0.15, -0.1) is 11.3 Å². The fourth-order valence-corrected chi connectivity index (χ4v) is 3.11. The molecule has 7 heteroatoms. The van der Waals surface area contributed by atoms with Crippen LogP contribution in [0, 0.1) is 0 Å². The molecule has 0 spiro atoms. The van der Waals surface area contributed by atoms with Gasteiger partial charge >= 0.3 is 0 Å². The molecule has 0 aliphatic heterocycles. The SMILES string of the molecule is Nc1cccc(NC(=O)c2ccnc3[nH]c(-c4cccs4)nc23)c1. The van der Waals surface area contributed by atoms with Gasteiger partial charge < -0.3 is 16.0 Å². The van der Waals surface area contributed by atoms with Crippen molar-refractivity contribution in [2.24, 2.45) is 0 Å². The Labute approximate surface area is 141 Å². The summed E-state index contributed by atoms with van der Waals surface area (Å²) in [7, 11) is 0. The number of anilines is 2. The van der Waals surface area contributed by atoms with Crippen LogP contribution in [0.1, 0.15) is 10.4 Å². The predicted molar refractivity (Wildman–Crippen MR) is 96.0 cm³/mol. The van der Waals surface area contributed by atoms with Crippen molar-refractivity contribution in [3.05, 3.63) is 59.6 Å². The molecule has 0 bridgehead atoms. The van der Waals surface area contributed by atoms with E-state index in [-0.39, 0.29) is 5.91 Å². The molecule has 6 nitrogen and oxygen atoms in total. The minimum absolute atomic E-state index is 0.253. The average Bonchev–Trinajstić information content (AvgIpc) is 3.23. The molecule has 0 saturated carbocycles. The molecule has 3 heterocycles. The molecule has 1 amide bonds. The number of amides is 1. The van der Waals surface area contributed by atoms with Crippen LogP contribution in [0.5, 0.6) is 0 Å². The topological polar surface area (TPSA) is 96.7 Å². The number of benzene rings is 1. The van der Waals surface area contributed by atoms with Crippen molar-refractivity contribution in [2.45, 2.75) is 0 Å². The molecule has 1 aromatic carbocycles. The lowest BCUT2D eigenvalue weighted by molar-refractivity contribution is 0.102. The van der Waals surface area contributed by atoms with E-state index in [0.29, 0.717) is 33.9 Å². The number of carbonyl (C=O) groups is 1. The number of fused-ring (bicyclic) bond motifs is 1. The van der Waals surface area contributed by atoms with Gasteiger partial charge in [0.2, 0.25) is 0 Å². The number of aromatic amines is 1. The summed E-state index contributed by atoms with van der Waals surface area (Å²) in [5, 5.41) is 4.81. The van der Waals surface area contributed by atoms with Gasteiger partial charge in [0, 0.05) is 17.6 Å². The highest BCUT2D eigenvalue weighted by atomic mass is 32.1. The number of hydrogen-bond acceptors (Lipinski definition) is 5. The molecular formula is C17H13N5OS. The Morgan fingerprint density at radius 2 is 2.12 bits per heavy atom. The van der Waals surface area contributed by atoms with Crippen LogP contribution in [0.3, 0.4) is 0 Å². The number of hydrogen-bond donors (Lipinski definition) is 3. The Hall–Kier alpha value is -3.19. The van der Waals surface area contributed by atoms with Crippen LogP contribution in [0.15, 0.2) is 54.0 Å². The predicted octanol–water partition coefficient (Wildman–Crippen LogP) is 3.52. The molecule has 0 aliphatic rings. The quantitative estimate of drug-likeness (QED) is 0.499. The maximum atomic E-state index is 12.6. The molecule has 24 heavy (non-hydrogen) atoms. The minimum Gasteiger partial charge on any atom is -0.399 e. The smallest absolute Gasteiger partial charge is 0.258 e. The number of nitrogen functional groups attached to an aromatic ring is 1. The van der Waals surface area contributed by atoms with Gasteiger partial charge in [-0.25, -0.2) is 9.97 Å². The van der Waals surface area contributed by atoms with Crippen LogP contribution in [0.4, 0.5) is 11.4 Å². The third-order valence-corrected chi connectivity index (χ3v) is 4.40. The number of rotatable bonds is 3. The monoisotopic (exact) mass is 335 g/mol. The largest absolute Gasteiger partial charge is 0.399 e. The number of nitrogens with zero attached hydrogens (tertiary/aromatic N) is 2. The standard InChI is InChI=1S/C17H13N5OS/c18-10-3-1-4-11(9-10)20-17(23)12-6-7-19-16-14(12)21-15(22-16)13-5-2-8-24-13/h1-9H,18H2,(H,20,23)(H,19,21,22). The van der Waals surface area contributed by atoms with Gasteiger partial charge in [-0.1, -0.05) is 12.1 Å². The molecule has 4 aromatic rings. The Morgan fingerprint density at radius 1 is 1.21 bits per heavy atom. The van der Waals surface area contributed by atoms with Crippen LogP contribution < -0.4 is 11.1 Å².